The first-order valence-corrected chi connectivity index (χ1v) is 5.83. The van der Waals surface area contributed by atoms with Crippen LogP contribution in [0.2, 0.25) is 0 Å². The number of anilines is 1. The number of hydrogen-bond donors (Lipinski definition) is 3. The number of carboxylic acid groups (broad SMARTS) is 1. The van der Waals surface area contributed by atoms with Crippen LogP contribution in [0, 0.1) is 0 Å². The lowest BCUT2D eigenvalue weighted by atomic mass is 9.89. The summed E-state index contributed by atoms with van der Waals surface area (Å²) in [4.78, 5) is 10.8. The molecule has 0 bridgehead atoms. The normalized spacial score (nSPS) is 23.6. The third-order valence-corrected chi connectivity index (χ3v) is 3.34. The summed E-state index contributed by atoms with van der Waals surface area (Å²) in [7, 11) is 0. The topological polar surface area (TPSA) is 69.6 Å². The summed E-state index contributed by atoms with van der Waals surface area (Å²) >= 11 is 3.22. The van der Waals surface area contributed by atoms with Gasteiger partial charge in [-0.25, -0.2) is 4.79 Å². The van der Waals surface area contributed by atoms with Crippen molar-refractivity contribution in [1.29, 1.82) is 0 Å². The second kappa shape index (κ2) is 4.43. The molecule has 4 nitrogen and oxygen atoms in total. The number of carbonyl (C=O) groups is 1. The van der Waals surface area contributed by atoms with Crippen molar-refractivity contribution < 1.29 is 15.0 Å². The molecule has 5 heteroatoms. The zero-order valence-electron chi connectivity index (χ0n) is 8.48. The second-order valence-electron chi connectivity index (χ2n) is 3.97. The molecule has 16 heavy (non-hydrogen) atoms. The van der Waals surface area contributed by atoms with E-state index in [1.165, 1.54) is 0 Å². The van der Waals surface area contributed by atoms with Gasteiger partial charge < -0.3 is 15.5 Å². The van der Waals surface area contributed by atoms with Crippen molar-refractivity contribution in [3.05, 3.63) is 28.2 Å². The van der Waals surface area contributed by atoms with Crippen molar-refractivity contribution in [2.75, 3.05) is 5.32 Å². The van der Waals surface area contributed by atoms with Crippen LogP contribution in [-0.4, -0.2) is 28.3 Å². The zero-order valence-corrected chi connectivity index (χ0v) is 10.1. The van der Waals surface area contributed by atoms with Gasteiger partial charge in [0.15, 0.2) is 0 Å². The fourth-order valence-electron chi connectivity index (χ4n) is 1.72. The van der Waals surface area contributed by atoms with Crippen molar-refractivity contribution in [2.45, 2.75) is 25.0 Å². The third-order valence-electron chi connectivity index (χ3n) is 2.68. The van der Waals surface area contributed by atoms with Crippen LogP contribution in [0.5, 0.6) is 0 Å². The Morgan fingerprint density at radius 1 is 1.44 bits per heavy atom. The molecule has 0 atom stereocenters. The summed E-state index contributed by atoms with van der Waals surface area (Å²) in [5, 5.41) is 21.2. The molecule has 1 aliphatic carbocycles. The Hall–Kier alpha value is -1.07. The highest BCUT2D eigenvalue weighted by Gasteiger charge is 2.26. The van der Waals surface area contributed by atoms with Gasteiger partial charge in [-0.2, -0.15) is 0 Å². The number of carboxylic acids is 1. The lowest BCUT2D eigenvalue weighted by Gasteiger charge is -2.32. The van der Waals surface area contributed by atoms with Gasteiger partial charge in [-0.15, -0.1) is 0 Å². The molecular formula is C11H12BrNO3. The van der Waals surface area contributed by atoms with Crippen molar-refractivity contribution in [1.82, 2.24) is 0 Å². The van der Waals surface area contributed by atoms with Crippen molar-refractivity contribution in [2.24, 2.45) is 0 Å². The van der Waals surface area contributed by atoms with E-state index in [0.717, 1.165) is 18.5 Å². The van der Waals surface area contributed by atoms with Crippen molar-refractivity contribution >= 4 is 27.6 Å². The number of rotatable bonds is 3. The van der Waals surface area contributed by atoms with Crippen LogP contribution in [0.4, 0.5) is 5.69 Å². The Kier molecular flexibility index (Phi) is 3.16. The molecule has 0 heterocycles. The van der Waals surface area contributed by atoms with Crippen LogP contribution in [0.1, 0.15) is 23.2 Å². The Labute approximate surface area is 101 Å². The van der Waals surface area contributed by atoms with Gasteiger partial charge in [-0.1, -0.05) is 0 Å². The summed E-state index contributed by atoms with van der Waals surface area (Å²) < 4.78 is 0.560. The first-order chi connectivity index (χ1) is 7.56. The zero-order chi connectivity index (χ0) is 11.7. The molecule has 0 spiro atoms. The van der Waals surface area contributed by atoms with Gasteiger partial charge in [-0.05, 0) is 47.0 Å². The van der Waals surface area contributed by atoms with Gasteiger partial charge in [0.25, 0.3) is 0 Å². The van der Waals surface area contributed by atoms with Gasteiger partial charge in [0, 0.05) is 16.2 Å². The molecule has 86 valence electrons. The van der Waals surface area contributed by atoms with Crippen molar-refractivity contribution in [3.63, 3.8) is 0 Å². The number of aliphatic hydroxyl groups excluding tert-OH is 1. The van der Waals surface area contributed by atoms with Gasteiger partial charge in [0.05, 0.1) is 11.7 Å². The number of aliphatic hydroxyl groups is 1. The van der Waals surface area contributed by atoms with Gasteiger partial charge >= 0.3 is 5.97 Å². The van der Waals surface area contributed by atoms with Gasteiger partial charge in [0.2, 0.25) is 0 Å². The molecule has 0 aliphatic heterocycles. The largest absolute Gasteiger partial charge is 0.478 e. The minimum atomic E-state index is -0.947. The van der Waals surface area contributed by atoms with Crippen molar-refractivity contribution in [3.8, 4) is 0 Å². The van der Waals surface area contributed by atoms with Crippen LogP contribution in [0.3, 0.4) is 0 Å². The molecule has 1 saturated carbocycles. The summed E-state index contributed by atoms with van der Waals surface area (Å²) in [6, 6.07) is 5.33. The average molecular weight is 286 g/mol. The minimum absolute atomic E-state index is 0.195. The Bertz CT molecular complexity index is 416. The third kappa shape index (κ3) is 2.36. The summed E-state index contributed by atoms with van der Waals surface area (Å²) in [5.74, 6) is -0.947. The first kappa shape index (κ1) is 11.4. The summed E-state index contributed by atoms with van der Waals surface area (Å²) in [6.07, 6.45) is 1.30. The number of benzene rings is 1. The molecule has 0 amide bonds. The van der Waals surface area contributed by atoms with Crippen LogP contribution in [-0.2, 0) is 0 Å². The van der Waals surface area contributed by atoms with Crippen LogP contribution >= 0.6 is 15.9 Å². The molecule has 0 radical (unpaired) electrons. The molecule has 0 unspecified atom stereocenters. The highest BCUT2D eigenvalue weighted by Crippen LogP contribution is 2.27. The van der Waals surface area contributed by atoms with E-state index in [-0.39, 0.29) is 17.7 Å². The highest BCUT2D eigenvalue weighted by atomic mass is 79.9. The second-order valence-corrected chi connectivity index (χ2v) is 4.82. The smallest absolute Gasteiger partial charge is 0.336 e. The van der Waals surface area contributed by atoms with E-state index < -0.39 is 5.97 Å². The highest BCUT2D eigenvalue weighted by molar-refractivity contribution is 9.10. The molecule has 1 aromatic rings. The van der Waals surface area contributed by atoms with Crippen LogP contribution < -0.4 is 5.32 Å². The number of aromatic carboxylic acids is 1. The van der Waals surface area contributed by atoms with Crippen LogP contribution in [0.25, 0.3) is 0 Å². The molecule has 1 fully saturated rings. The molecule has 1 aliphatic rings. The monoisotopic (exact) mass is 285 g/mol. The van der Waals surface area contributed by atoms with E-state index in [1.807, 2.05) is 0 Å². The Morgan fingerprint density at radius 3 is 2.62 bits per heavy atom. The predicted octanol–water partition coefficient (Wildman–Crippen LogP) is 2.08. The van der Waals surface area contributed by atoms with Crippen LogP contribution in [0.15, 0.2) is 22.7 Å². The minimum Gasteiger partial charge on any atom is -0.478 e. The number of hydrogen-bond acceptors (Lipinski definition) is 3. The molecule has 1 aromatic carbocycles. The molecule has 2 rings (SSSR count). The fourth-order valence-corrected chi connectivity index (χ4v) is 2.27. The van der Waals surface area contributed by atoms with E-state index in [2.05, 4.69) is 21.2 Å². The maximum Gasteiger partial charge on any atom is 0.336 e. The van der Waals surface area contributed by atoms with E-state index in [9.17, 15) is 4.79 Å². The van der Waals surface area contributed by atoms with E-state index in [0.29, 0.717) is 4.47 Å². The fraction of sp³-hybridized carbons (Fsp3) is 0.364. The van der Waals surface area contributed by atoms with E-state index >= 15 is 0 Å². The quantitative estimate of drug-likeness (QED) is 0.795. The lowest BCUT2D eigenvalue weighted by Crippen LogP contribution is -2.38. The van der Waals surface area contributed by atoms with E-state index in [4.69, 9.17) is 10.2 Å². The molecular weight excluding hydrogens is 274 g/mol. The maximum absolute atomic E-state index is 10.8. The van der Waals surface area contributed by atoms with Gasteiger partial charge in [-0.3, -0.25) is 0 Å². The predicted molar refractivity (Wildman–Crippen MR) is 63.8 cm³/mol. The first-order valence-electron chi connectivity index (χ1n) is 5.03. The Balaban J connectivity index is 2.06. The number of halogens is 1. The SMILES string of the molecule is O=C(O)c1ccc(NC2CC(O)C2)cc1Br. The Morgan fingerprint density at radius 2 is 2.12 bits per heavy atom. The summed E-state index contributed by atoms with van der Waals surface area (Å²) in [6.45, 7) is 0. The molecule has 0 saturated heterocycles. The van der Waals surface area contributed by atoms with Gasteiger partial charge in [0.1, 0.15) is 0 Å². The van der Waals surface area contributed by atoms with E-state index in [1.54, 1.807) is 18.2 Å². The standard InChI is InChI=1S/C11H12BrNO3/c12-10-5-6(1-2-9(10)11(15)16)13-7-3-8(14)4-7/h1-2,5,7-8,13-14H,3-4H2,(H,15,16). The average Bonchev–Trinajstić information content (AvgIpc) is 2.15. The molecule has 0 aromatic heterocycles. The molecule has 3 N–H and O–H groups in total. The lowest BCUT2D eigenvalue weighted by molar-refractivity contribution is 0.0696. The maximum atomic E-state index is 10.8. The summed E-state index contributed by atoms with van der Waals surface area (Å²) in [5.41, 5.74) is 1.12. The number of nitrogens with one attached hydrogen (secondary N) is 1.